The van der Waals surface area contributed by atoms with Crippen LogP contribution in [0.25, 0.3) is 0 Å². The average molecular weight is 282 g/mol. The van der Waals surface area contributed by atoms with Crippen molar-refractivity contribution in [1.29, 1.82) is 0 Å². The monoisotopic (exact) mass is 282 g/mol. The van der Waals surface area contributed by atoms with Gasteiger partial charge in [-0.25, -0.2) is 4.39 Å². The SMILES string of the molecule is CS(=O)CCNC(=O)c1cc(C#CCN)ccc1F. The summed E-state index contributed by atoms with van der Waals surface area (Å²) < 4.78 is 24.4. The van der Waals surface area contributed by atoms with Crippen LogP contribution in [0.1, 0.15) is 15.9 Å². The lowest BCUT2D eigenvalue weighted by Crippen LogP contribution is -2.28. The second-order valence-corrected chi connectivity index (χ2v) is 5.29. The fourth-order valence-electron chi connectivity index (χ4n) is 1.33. The van der Waals surface area contributed by atoms with Crippen LogP contribution in [0, 0.1) is 17.7 Å². The molecule has 0 aliphatic rings. The molecule has 19 heavy (non-hydrogen) atoms. The fraction of sp³-hybridized carbons (Fsp3) is 0.308. The topological polar surface area (TPSA) is 72.2 Å². The van der Waals surface area contributed by atoms with Gasteiger partial charge < -0.3 is 11.1 Å². The molecule has 1 amide bonds. The Kier molecular flexibility index (Phi) is 6.19. The van der Waals surface area contributed by atoms with Crippen molar-refractivity contribution in [1.82, 2.24) is 5.32 Å². The van der Waals surface area contributed by atoms with Gasteiger partial charge in [0.15, 0.2) is 0 Å². The zero-order valence-electron chi connectivity index (χ0n) is 10.5. The molecule has 6 heteroatoms. The molecule has 0 saturated carbocycles. The van der Waals surface area contributed by atoms with Gasteiger partial charge in [0.1, 0.15) is 5.82 Å². The first-order valence-electron chi connectivity index (χ1n) is 5.61. The Hall–Kier alpha value is -1.71. The third-order valence-electron chi connectivity index (χ3n) is 2.22. The molecule has 0 aliphatic carbocycles. The number of halogens is 1. The number of hydrogen-bond acceptors (Lipinski definition) is 3. The highest BCUT2D eigenvalue weighted by Gasteiger charge is 2.11. The molecule has 0 aromatic heterocycles. The standard InChI is InChI=1S/C13H15FN2O2S/c1-19(18)8-7-16-13(17)11-9-10(3-2-6-15)4-5-12(11)14/h4-5,9H,6-8,15H2,1H3,(H,16,17). The van der Waals surface area contributed by atoms with Crippen LogP contribution in [0.5, 0.6) is 0 Å². The predicted molar refractivity (Wildman–Crippen MR) is 73.6 cm³/mol. The Morgan fingerprint density at radius 2 is 2.26 bits per heavy atom. The van der Waals surface area contributed by atoms with E-state index in [1.807, 2.05) is 0 Å². The van der Waals surface area contributed by atoms with E-state index in [0.717, 1.165) is 0 Å². The molecule has 3 N–H and O–H groups in total. The van der Waals surface area contributed by atoms with E-state index in [1.54, 1.807) is 0 Å². The molecule has 1 aromatic carbocycles. The van der Waals surface area contributed by atoms with Crippen molar-refractivity contribution >= 4 is 16.7 Å². The first-order valence-corrected chi connectivity index (χ1v) is 7.34. The van der Waals surface area contributed by atoms with E-state index >= 15 is 0 Å². The molecule has 0 bridgehead atoms. The molecular weight excluding hydrogens is 267 g/mol. The smallest absolute Gasteiger partial charge is 0.254 e. The van der Waals surface area contributed by atoms with Crippen LogP contribution in [0.2, 0.25) is 0 Å². The van der Waals surface area contributed by atoms with Crippen LogP contribution < -0.4 is 11.1 Å². The predicted octanol–water partition coefficient (Wildman–Crippen LogP) is 0.244. The van der Waals surface area contributed by atoms with Crippen LogP contribution in [0.3, 0.4) is 0 Å². The van der Waals surface area contributed by atoms with E-state index < -0.39 is 22.5 Å². The summed E-state index contributed by atoms with van der Waals surface area (Å²) in [7, 11) is -0.997. The first kappa shape index (κ1) is 15.3. The summed E-state index contributed by atoms with van der Waals surface area (Å²) in [6, 6.07) is 4.04. The third kappa shape index (κ3) is 5.20. The second kappa shape index (κ2) is 7.67. The van der Waals surface area contributed by atoms with E-state index in [-0.39, 0.29) is 18.7 Å². The summed E-state index contributed by atoms with van der Waals surface area (Å²) in [4.78, 5) is 11.8. The second-order valence-electron chi connectivity index (χ2n) is 3.73. The third-order valence-corrected chi connectivity index (χ3v) is 3.00. The maximum Gasteiger partial charge on any atom is 0.254 e. The lowest BCUT2D eigenvalue weighted by molar-refractivity contribution is 0.0952. The minimum absolute atomic E-state index is 0.0780. The van der Waals surface area contributed by atoms with Crippen LogP contribution in [-0.2, 0) is 10.8 Å². The van der Waals surface area contributed by atoms with Crippen LogP contribution in [0.15, 0.2) is 18.2 Å². The van der Waals surface area contributed by atoms with Crippen LogP contribution in [0.4, 0.5) is 4.39 Å². The molecule has 1 aromatic rings. The molecule has 0 fully saturated rings. The van der Waals surface area contributed by atoms with E-state index in [9.17, 15) is 13.4 Å². The molecular formula is C13H15FN2O2S. The lowest BCUT2D eigenvalue weighted by atomic mass is 10.1. The van der Waals surface area contributed by atoms with Crippen molar-refractivity contribution in [2.75, 3.05) is 25.1 Å². The van der Waals surface area contributed by atoms with Gasteiger partial charge in [-0.15, -0.1) is 0 Å². The Balaban J connectivity index is 2.80. The van der Waals surface area contributed by atoms with Crippen molar-refractivity contribution in [3.05, 3.63) is 35.1 Å². The maximum atomic E-state index is 13.5. The normalized spacial score (nSPS) is 11.3. The molecule has 1 rings (SSSR count). The van der Waals surface area contributed by atoms with Gasteiger partial charge >= 0.3 is 0 Å². The zero-order valence-corrected chi connectivity index (χ0v) is 11.3. The lowest BCUT2D eigenvalue weighted by Gasteiger charge is -2.05. The Bertz CT molecular complexity index is 549. The van der Waals surface area contributed by atoms with Crippen molar-refractivity contribution in [2.24, 2.45) is 5.73 Å². The van der Waals surface area contributed by atoms with E-state index in [0.29, 0.717) is 11.3 Å². The maximum absolute atomic E-state index is 13.5. The van der Waals surface area contributed by atoms with Gasteiger partial charge in [0, 0.05) is 34.9 Å². The summed E-state index contributed by atoms with van der Waals surface area (Å²) in [6.07, 6.45) is 1.54. The molecule has 102 valence electrons. The van der Waals surface area contributed by atoms with Gasteiger partial charge in [0.2, 0.25) is 0 Å². The van der Waals surface area contributed by atoms with E-state index in [2.05, 4.69) is 17.2 Å². The van der Waals surface area contributed by atoms with E-state index in [1.165, 1.54) is 24.5 Å². The minimum Gasteiger partial charge on any atom is -0.351 e. The van der Waals surface area contributed by atoms with Crippen LogP contribution in [-0.4, -0.2) is 35.2 Å². The molecule has 4 nitrogen and oxygen atoms in total. The fourth-order valence-corrected chi connectivity index (χ4v) is 1.72. The minimum atomic E-state index is -0.997. The number of hydrogen-bond donors (Lipinski definition) is 2. The number of benzene rings is 1. The average Bonchev–Trinajstić information content (AvgIpc) is 2.37. The molecule has 1 atom stereocenters. The van der Waals surface area contributed by atoms with Gasteiger partial charge in [0.05, 0.1) is 12.1 Å². The van der Waals surface area contributed by atoms with Crippen LogP contribution >= 0.6 is 0 Å². The van der Waals surface area contributed by atoms with Crippen molar-refractivity contribution in [3.8, 4) is 11.8 Å². The Labute approximate surface area is 114 Å². The van der Waals surface area contributed by atoms with E-state index in [4.69, 9.17) is 5.73 Å². The molecule has 0 aliphatic heterocycles. The van der Waals surface area contributed by atoms with Gasteiger partial charge in [0.25, 0.3) is 5.91 Å². The van der Waals surface area contributed by atoms with Gasteiger partial charge in [-0.1, -0.05) is 11.8 Å². The van der Waals surface area contributed by atoms with Gasteiger partial charge in [-0.2, -0.15) is 0 Å². The van der Waals surface area contributed by atoms with Gasteiger partial charge in [-0.05, 0) is 18.2 Å². The molecule has 0 spiro atoms. The van der Waals surface area contributed by atoms with Crippen molar-refractivity contribution < 1.29 is 13.4 Å². The number of nitrogens with two attached hydrogens (primary N) is 1. The Morgan fingerprint density at radius 1 is 1.53 bits per heavy atom. The summed E-state index contributed by atoms with van der Waals surface area (Å²) in [5.74, 6) is 4.54. The summed E-state index contributed by atoms with van der Waals surface area (Å²) in [5, 5.41) is 2.51. The molecule has 0 heterocycles. The number of carbonyl (C=O) groups excluding carboxylic acids is 1. The summed E-state index contributed by atoms with van der Waals surface area (Å²) in [6.45, 7) is 0.432. The number of nitrogens with one attached hydrogen (secondary N) is 1. The number of rotatable bonds is 4. The van der Waals surface area contributed by atoms with Crippen molar-refractivity contribution in [3.63, 3.8) is 0 Å². The molecule has 0 radical (unpaired) electrons. The molecule has 1 unspecified atom stereocenters. The number of carbonyl (C=O) groups is 1. The first-order chi connectivity index (χ1) is 9.04. The highest BCUT2D eigenvalue weighted by molar-refractivity contribution is 7.84. The zero-order chi connectivity index (χ0) is 14.3. The summed E-state index contributed by atoms with van der Waals surface area (Å²) in [5.41, 5.74) is 5.69. The number of amides is 1. The highest BCUT2D eigenvalue weighted by Crippen LogP contribution is 2.09. The highest BCUT2D eigenvalue weighted by atomic mass is 32.2. The molecule has 0 saturated heterocycles. The van der Waals surface area contributed by atoms with Gasteiger partial charge in [-0.3, -0.25) is 9.00 Å². The quantitative estimate of drug-likeness (QED) is 0.777. The largest absolute Gasteiger partial charge is 0.351 e. The van der Waals surface area contributed by atoms with Crippen molar-refractivity contribution in [2.45, 2.75) is 0 Å². The Morgan fingerprint density at radius 3 is 2.89 bits per heavy atom. The summed E-state index contributed by atoms with van der Waals surface area (Å²) >= 11 is 0.